The van der Waals surface area contributed by atoms with E-state index in [1.54, 1.807) is 0 Å². The minimum Gasteiger partial charge on any atom is -0.404 e. The van der Waals surface area contributed by atoms with E-state index in [1.807, 2.05) is 6.07 Å². The van der Waals surface area contributed by atoms with Crippen molar-refractivity contribution in [2.45, 2.75) is 11.4 Å². The van der Waals surface area contributed by atoms with Gasteiger partial charge in [0.15, 0.2) is 0 Å². The average Bonchev–Trinajstić information content (AvgIpc) is 2.18. The van der Waals surface area contributed by atoms with Gasteiger partial charge in [0.25, 0.3) is 0 Å². The molecule has 2 unspecified atom stereocenters. The van der Waals surface area contributed by atoms with Crippen LogP contribution in [0, 0.1) is 6.92 Å². The number of hydrogen-bond acceptors (Lipinski definition) is 3. The largest absolute Gasteiger partial charge is 0.404 e. The molecule has 1 saturated heterocycles. The first-order valence-electron chi connectivity index (χ1n) is 4.72. The third-order valence-electron chi connectivity index (χ3n) is 2.28. The molecule has 85 valence electrons. The van der Waals surface area contributed by atoms with Gasteiger partial charge in [-0.2, -0.15) is 0 Å². The van der Waals surface area contributed by atoms with Crippen molar-refractivity contribution in [1.29, 1.82) is 0 Å². The summed E-state index contributed by atoms with van der Waals surface area (Å²) in [5.41, 5.74) is 3.22. The van der Waals surface area contributed by atoms with Crippen LogP contribution in [-0.2, 0) is 42.0 Å². The van der Waals surface area contributed by atoms with Gasteiger partial charge < -0.3 is 16.2 Å². The van der Waals surface area contributed by atoms with Crippen LogP contribution in [0.3, 0.4) is 0 Å². The Labute approximate surface area is 128 Å². The Hall–Kier alpha value is 1.19. The molecule has 0 saturated carbocycles. The molecule has 6 heteroatoms. The number of rotatable bonds is 2. The maximum Gasteiger partial charge on any atom is 0 e. The molecule has 16 heavy (non-hydrogen) atoms. The van der Waals surface area contributed by atoms with Crippen LogP contribution in [0.4, 0.5) is 0 Å². The molecule has 1 aliphatic heterocycles. The van der Waals surface area contributed by atoms with Gasteiger partial charge in [0.05, 0.1) is 0 Å². The Bertz CT molecular complexity index is 412. The Kier molecular flexibility index (Phi) is 6.62. The molecular formula is C10H14N2P2SY-2. The standard InChI is InChI=1S/C10H14N2P2S.Y/c1-8-10(12(2)11-8)15(13)14-9-6-4-3-5-7-9;/h3-8,10-11,13H,1H2,2H3;/q-2;. The Morgan fingerprint density at radius 3 is 2.56 bits per heavy atom. The van der Waals surface area contributed by atoms with Gasteiger partial charge in [-0.3, -0.25) is 18.4 Å². The quantitative estimate of drug-likeness (QED) is 0.500. The molecule has 1 aromatic carbocycles. The van der Waals surface area contributed by atoms with Crippen LogP contribution < -0.4 is 10.7 Å². The normalized spacial score (nSPS) is 26.9. The van der Waals surface area contributed by atoms with Crippen LogP contribution in [0.2, 0.25) is 0 Å². The molecule has 1 radical (unpaired) electrons. The van der Waals surface area contributed by atoms with Crippen molar-refractivity contribution < 1.29 is 32.7 Å². The number of likely N-dealkylation sites (N-methyl/N-ethyl adjacent to an activating group) is 1. The fraction of sp³-hybridized carbons (Fsp3) is 0.300. The van der Waals surface area contributed by atoms with Crippen molar-refractivity contribution in [1.82, 2.24) is 10.4 Å². The molecule has 2 nitrogen and oxygen atoms in total. The predicted molar refractivity (Wildman–Crippen MR) is 72.5 cm³/mol. The van der Waals surface area contributed by atoms with E-state index >= 15 is 0 Å². The van der Waals surface area contributed by atoms with Crippen molar-refractivity contribution in [2.24, 2.45) is 0 Å². The maximum absolute atomic E-state index is 4.06. The second-order valence-corrected chi connectivity index (χ2v) is 9.37. The third kappa shape index (κ3) is 3.59. The summed E-state index contributed by atoms with van der Waals surface area (Å²) < 4.78 is 0. The van der Waals surface area contributed by atoms with Crippen molar-refractivity contribution in [3.8, 4) is 0 Å². The molecule has 0 aliphatic carbocycles. The summed E-state index contributed by atoms with van der Waals surface area (Å²) in [6.45, 7) is 4.06. The van der Waals surface area contributed by atoms with E-state index in [4.69, 9.17) is 0 Å². The summed E-state index contributed by atoms with van der Waals surface area (Å²) >= 11 is 0. The Morgan fingerprint density at radius 2 is 2.06 bits per heavy atom. The Balaban J connectivity index is 0.00000128. The summed E-state index contributed by atoms with van der Waals surface area (Å²) in [5, 5.41) is 3.97. The summed E-state index contributed by atoms with van der Waals surface area (Å²) in [5.74, 6) is 0. The molecule has 0 bridgehead atoms. The minimum absolute atomic E-state index is 0. The van der Waals surface area contributed by atoms with Crippen molar-refractivity contribution >= 4 is 29.9 Å². The predicted octanol–water partition coefficient (Wildman–Crippen LogP) is 1.83. The molecule has 1 aromatic rings. The van der Waals surface area contributed by atoms with Crippen molar-refractivity contribution in [2.75, 3.05) is 7.05 Å². The number of nitrogens with one attached hydrogen (secondary N) is 1. The summed E-state index contributed by atoms with van der Waals surface area (Å²) in [4.78, 5) is 0. The van der Waals surface area contributed by atoms with E-state index in [9.17, 15) is 0 Å². The first kappa shape index (κ1) is 15.3. The van der Waals surface area contributed by atoms with Gasteiger partial charge in [0.1, 0.15) is 0 Å². The van der Waals surface area contributed by atoms with E-state index in [0.717, 1.165) is 0 Å². The monoisotopic (exact) mass is 345 g/mol. The molecule has 0 spiro atoms. The first-order chi connectivity index (χ1) is 7.18. The van der Waals surface area contributed by atoms with E-state index in [1.165, 1.54) is 12.7 Å². The molecule has 0 amide bonds. The summed E-state index contributed by atoms with van der Waals surface area (Å²) in [6.07, 6.45) is 0. The molecule has 2 rings (SSSR count). The van der Waals surface area contributed by atoms with Crippen molar-refractivity contribution in [3.05, 3.63) is 37.3 Å². The van der Waals surface area contributed by atoms with Gasteiger partial charge in [-0.05, 0) is 12.4 Å². The minimum atomic E-state index is 0. The number of hydrogen-bond donors (Lipinski definition) is 1. The Morgan fingerprint density at radius 1 is 1.44 bits per heavy atom. The zero-order valence-electron chi connectivity index (χ0n) is 9.13. The van der Waals surface area contributed by atoms with Gasteiger partial charge in [-0.1, -0.05) is 35.7 Å². The number of benzene rings is 1. The van der Waals surface area contributed by atoms with E-state index in [0.29, 0.717) is 11.4 Å². The van der Waals surface area contributed by atoms with Crippen LogP contribution in [0.25, 0.3) is 0 Å². The fourth-order valence-electron chi connectivity index (χ4n) is 1.55. The SMILES string of the molecule is [CH2-]C1NN(C)C1[S-](=P)=Pc1ccccc1.[Y]. The summed E-state index contributed by atoms with van der Waals surface area (Å²) in [7, 11) is 7.35. The zero-order chi connectivity index (χ0) is 10.8. The molecule has 1 aliphatic rings. The summed E-state index contributed by atoms with van der Waals surface area (Å²) in [6, 6.07) is 10.8. The molecule has 2 atom stereocenters. The number of hydrazine groups is 1. The van der Waals surface area contributed by atoms with Crippen LogP contribution in [0.5, 0.6) is 0 Å². The van der Waals surface area contributed by atoms with Gasteiger partial charge in [-0.15, -0.1) is 6.04 Å². The van der Waals surface area contributed by atoms with Gasteiger partial charge >= 0.3 is 0 Å². The molecule has 0 aromatic heterocycles. The average molecular weight is 345 g/mol. The van der Waals surface area contributed by atoms with Crippen LogP contribution in [0.15, 0.2) is 30.3 Å². The maximum atomic E-state index is 4.06. The second kappa shape index (κ2) is 6.95. The zero-order valence-corrected chi connectivity index (χ0v) is 14.7. The van der Waals surface area contributed by atoms with Crippen LogP contribution in [-0.4, -0.2) is 23.5 Å². The van der Waals surface area contributed by atoms with Gasteiger partial charge in [0, 0.05) is 32.7 Å². The van der Waals surface area contributed by atoms with Crippen LogP contribution >= 0.6 is 15.4 Å². The topological polar surface area (TPSA) is 15.3 Å². The smallest absolute Gasteiger partial charge is 0 e. The molecule has 1 heterocycles. The van der Waals surface area contributed by atoms with Gasteiger partial charge in [-0.25, -0.2) is 7.36 Å². The van der Waals surface area contributed by atoms with E-state index in [2.05, 4.69) is 56.7 Å². The second-order valence-electron chi connectivity index (χ2n) is 3.48. The van der Waals surface area contributed by atoms with Crippen LogP contribution in [0.1, 0.15) is 0 Å². The fourth-order valence-corrected chi connectivity index (χ4v) is 7.06. The van der Waals surface area contributed by atoms with E-state index < -0.39 is 0 Å². The molecule has 1 fully saturated rings. The first-order valence-corrected chi connectivity index (χ1v) is 8.73. The number of nitrogens with zero attached hydrogens (tertiary/aromatic N) is 1. The van der Waals surface area contributed by atoms with Crippen molar-refractivity contribution in [3.63, 3.8) is 0 Å². The third-order valence-corrected chi connectivity index (χ3v) is 7.51. The molecule has 1 N–H and O–H groups in total. The van der Waals surface area contributed by atoms with E-state index in [-0.39, 0.29) is 42.0 Å². The molecular weight excluding hydrogens is 331 g/mol. The van der Waals surface area contributed by atoms with Gasteiger partial charge in [0.2, 0.25) is 0 Å².